The smallest absolute Gasteiger partial charge is 0.242 e. The van der Waals surface area contributed by atoms with E-state index in [-0.39, 0.29) is 28.9 Å². The second kappa shape index (κ2) is 13.0. The molecular formula is C26H40N2O3S. The number of anilines is 1. The third-order valence-corrected chi connectivity index (χ3v) is 7.22. The first-order chi connectivity index (χ1) is 15.3. The van der Waals surface area contributed by atoms with Gasteiger partial charge in [0.2, 0.25) is 18.2 Å². The largest absolute Gasteiger partial charge is 0.314 e. The molecular weight excluding hydrogens is 420 g/mol. The number of carbonyl (C=O) groups is 3. The molecule has 1 saturated heterocycles. The fourth-order valence-corrected chi connectivity index (χ4v) is 5.05. The Kier molecular flexibility index (Phi) is 10.8. The van der Waals surface area contributed by atoms with E-state index in [0.29, 0.717) is 18.8 Å². The van der Waals surface area contributed by atoms with Gasteiger partial charge in [-0.1, -0.05) is 78.4 Å². The van der Waals surface area contributed by atoms with Crippen molar-refractivity contribution in [3.8, 4) is 0 Å². The highest BCUT2D eigenvalue weighted by atomic mass is 32.2. The molecule has 0 aliphatic carbocycles. The van der Waals surface area contributed by atoms with E-state index in [2.05, 4.69) is 39.8 Å². The van der Waals surface area contributed by atoms with Crippen LogP contribution in [0.1, 0.15) is 84.6 Å². The van der Waals surface area contributed by atoms with Crippen molar-refractivity contribution >= 4 is 35.7 Å². The normalized spacial score (nSPS) is 16.6. The summed E-state index contributed by atoms with van der Waals surface area (Å²) in [5, 5.41) is -0.316. The lowest BCUT2D eigenvalue weighted by molar-refractivity contribution is -0.138. The summed E-state index contributed by atoms with van der Waals surface area (Å²) in [7, 11) is 0. The molecule has 1 aromatic carbocycles. The zero-order chi connectivity index (χ0) is 23.6. The molecule has 0 saturated carbocycles. The quantitative estimate of drug-likeness (QED) is 0.207. The molecule has 1 aliphatic rings. The van der Waals surface area contributed by atoms with Gasteiger partial charge in [-0.3, -0.25) is 19.3 Å². The van der Waals surface area contributed by atoms with Crippen molar-refractivity contribution in [2.24, 2.45) is 0 Å². The molecule has 0 radical (unpaired) electrons. The maximum Gasteiger partial charge on any atom is 0.242 e. The van der Waals surface area contributed by atoms with Gasteiger partial charge in [-0.25, -0.2) is 0 Å². The van der Waals surface area contributed by atoms with Crippen LogP contribution >= 0.6 is 11.8 Å². The van der Waals surface area contributed by atoms with Crippen molar-refractivity contribution < 1.29 is 14.4 Å². The van der Waals surface area contributed by atoms with Gasteiger partial charge in [0.15, 0.2) is 0 Å². The molecule has 1 atom stereocenters. The van der Waals surface area contributed by atoms with Crippen molar-refractivity contribution in [1.29, 1.82) is 0 Å². The molecule has 1 fully saturated rings. The van der Waals surface area contributed by atoms with Gasteiger partial charge < -0.3 is 4.90 Å². The minimum absolute atomic E-state index is 0.0523. The monoisotopic (exact) mass is 460 g/mol. The summed E-state index contributed by atoms with van der Waals surface area (Å²) in [6.45, 7) is 9.74. The van der Waals surface area contributed by atoms with Gasteiger partial charge in [-0.2, -0.15) is 0 Å². The molecule has 5 nitrogen and oxygen atoms in total. The van der Waals surface area contributed by atoms with Gasteiger partial charge >= 0.3 is 0 Å². The fourth-order valence-electron chi connectivity index (χ4n) is 3.93. The summed E-state index contributed by atoms with van der Waals surface area (Å²) in [5.74, 6) is 0.510. The standard InChI is InChI=1S/C26H40N2O3S/c1-5-6-7-8-9-10-11-16-28-24(30)19-23(25(28)31)32-18-17-27(20-29)22-14-12-21(13-15-22)26(2,3)4/h12-15,20,23H,5-11,16-19H2,1-4H3. The number of hydrogen-bond donors (Lipinski definition) is 0. The minimum Gasteiger partial charge on any atom is -0.314 e. The molecule has 0 aromatic heterocycles. The summed E-state index contributed by atoms with van der Waals surface area (Å²) in [4.78, 5) is 39.7. The van der Waals surface area contributed by atoms with Gasteiger partial charge in [0.25, 0.3) is 0 Å². The Morgan fingerprint density at radius 1 is 1.03 bits per heavy atom. The number of benzene rings is 1. The first-order valence-corrected chi connectivity index (χ1v) is 13.1. The van der Waals surface area contributed by atoms with E-state index in [1.54, 1.807) is 4.90 Å². The molecule has 2 rings (SSSR count). The van der Waals surface area contributed by atoms with E-state index in [0.717, 1.165) is 24.9 Å². The molecule has 32 heavy (non-hydrogen) atoms. The van der Waals surface area contributed by atoms with Crippen LogP contribution in [-0.2, 0) is 19.8 Å². The Hall–Kier alpha value is -1.82. The summed E-state index contributed by atoms with van der Waals surface area (Å²) in [6.07, 6.45) is 9.28. The SMILES string of the molecule is CCCCCCCCCN1C(=O)CC(SCCN(C=O)c2ccc(C(C)(C)C)cc2)C1=O. The third kappa shape index (κ3) is 7.95. The topological polar surface area (TPSA) is 57.7 Å². The van der Waals surface area contributed by atoms with Gasteiger partial charge in [0, 0.05) is 31.0 Å². The molecule has 0 bridgehead atoms. The van der Waals surface area contributed by atoms with Gasteiger partial charge in [0.1, 0.15) is 0 Å². The zero-order valence-electron chi connectivity index (χ0n) is 20.3. The summed E-state index contributed by atoms with van der Waals surface area (Å²) >= 11 is 1.49. The number of unbranched alkanes of at least 4 members (excludes halogenated alkanes) is 6. The molecule has 178 valence electrons. The lowest BCUT2D eigenvalue weighted by Crippen LogP contribution is -2.32. The highest BCUT2D eigenvalue weighted by Gasteiger charge is 2.38. The Balaban J connectivity index is 1.75. The highest BCUT2D eigenvalue weighted by Crippen LogP contribution is 2.27. The minimum atomic E-state index is -0.316. The predicted octanol–water partition coefficient (Wildman–Crippen LogP) is 5.56. The second-order valence-electron chi connectivity index (χ2n) is 9.66. The van der Waals surface area contributed by atoms with E-state index in [4.69, 9.17) is 0 Å². The summed E-state index contributed by atoms with van der Waals surface area (Å²) < 4.78 is 0. The second-order valence-corrected chi connectivity index (χ2v) is 11.0. The maximum atomic E-state index is 12.7. The maximum absolute atomic E-state index is 12.7. The molecule has 1 aliphatic heterocycles. The fraction of sp³-hybridized carbons (Fsp3) is 0.654. The molecule has 1 aromatic rings. The van der Waals surface area contributed by atoms with E-state index in [1.807, 2.05) is 12.1 Å². The number of thioether (sulfide) groups is 1. The van der Waals surface area contributed by atoms with Crippen LogP contribution in [0.15, 0.2) is 24.3 Å². The average Bonchev–Trinajstić information content (AvgIpc) is 3.03. The van der Waals surface area contributed by atoms with Crippen LogP contribution in [0.2, 0.25) is 0 Å². The molecule has 1 heterocycles. The van der Waals surface area contributed by atoms with Crippen molar-refractivity contribution in [2.75, 3.05) is 23.7 Å². The van der Waals surface area contributed by atoms with Crippen LogP contribution in [0.4, 0.5) is 5.69 Å². The predicted molar refractivity (Wildman–Crippen MR) is 134 cm³/mol. The van der Waals surface area contributed by atoms with Crippen LogP contribution in [0.25, 0.3) is 0 Å². The number of rotatable bonds is 14. The number of carbonyl (C=O) groups excluding carboxylic acids is 3. The van der Waals surface area contributed by atoms with Gasteiger partial charge in [-0.15, -0.1) is 11.8 Å². The Labute approximate surface area is 198 Å². The van der Waals surface area contributed by atoms with Crippen LogP contribution in [0.3, 0.4) is 0 Å². The molecule has 6 heteroatoms. The van der Waals surface area contributed by atoms with Crippen LogP contribution < -0.4 is 4.90 Å². The van der Waals surface area contributed by atoms with Gasteiger partial charge in [-0.05, 0) is 29.5 Å². The van der Waals surface area contributed by atoms with E-state index >= 15 is 0 Å². The van der Waals surface area contributed by atoms with Crippen molar-refractivity contribution in [1.82, 2.24) is 4.90 Å². The third-order valence-electron chi connectivity index (χ3n) is 6.03. The number of amides is 3. The number of nitrogens with zero attached hydrogens (tertiary/aromatic N) is 2. The highest BCUT2D eigenvalue weighted by molar-refractivity contribution is 8.00. The Morgan fingerprint density at radius 2 is 1.66 bits per heavy atom. The van der Waals surface area contributed by atoms with Crippen LogP contribution in [0.5, 0.6) is 0 Å². The molecule has 0 spiro atoms. The number of likely N-dealkylation sites (tertiary alicyclic amines) is 1. The molecule has 3 amide bonds. The Bertz CT molecular complexity index is 742. The van der Waals surface area contributed by atoms with Crippen molar-refractivity contribution in [2.45, 2.75) is 89.7 Å². The number of imide groups is 1. The van der Waals surface area contributed by atoms with Crippen molar-refractivity contribution in [3.63, 3.8) is 0 Å². The Morgan fingerprint density at radius 3 is 2.25 bits per heavy atom. The van der Waals surface area contributed by atoms with E-state index in [9.17, 15) is 14.4 Å². The lowest BCUT2D eigenvalue weighted by Gasteiger charge is -2.22. The molecule has 1 unspecified atom stereocenters. The first kappa shape index (κ1) is 26.4. The van der Waals surface area contributed by atoms with Gasteiger partial charge in [0.05, 0.1) is 5.25 Å². The summed E-state index contributed by atoms with van der Waals surface area (Å²) in [5.41, 5.74) is 2.14. The van der Waals surface area contributed by atoms with E-state index < -0.39 is 0 Å². The number of hydrogen-bond acceptors (Lipinski definition) is 4. The van der Waals surface area contributed by atoms with Crippen LogP contribution in [0, 0.1) is 0 Å². The zero-order valence-corrected chi connectivity index (χ0v) is 21.1. The molecule has 0 N–H and O–H groups in total. The average molecular weight is 461 g/mol. The summed E-state index contributed by atoms with van der Waals surface area (Å²) in [6, 6.07) is 8.04. The van der Waals surface area contributed by atoms with Crippen molar-refractivity contribution in [3.05, 3.63) is 29.8 Å². The first-order valence-electron chi connectivity index (χ1n) is 12.1. The van der Waals surface area contributed by atoms with E-state index in [1.165, 1.54) is 54.3 Å². The van der Waals surface area contributed by atoms with Crippen LogP contribution in [-0.4, -0.2) is 47.2 Å². The lowest BCUT2D eigenvalue weighted by atomic mass is 9.87.